The van der Waals surface area contributed by atoms with Crippen molar-refractivity contribution in [1.82, 2.24) is 40.4 Å². The van der Waals surface area contributed by atoms with Crippen LogP contribution in [0.2, 0.25) is 0 Å². The Morgan fingerprint density at radius 1 is 0.889 bits per heavy atom. The number of amides is 4. The SMILES string of the molecule is CCCN(Cc1nc2c(ccc3cc4c(cc32)OCc2cc(-c3cnc(CN(CCC)C(=O)[C@H](NC=O)c5ccccc5)[nH]3)ccc2-4)[nH]1)C(=O)CNC=O. The van der Waals surface area contributed by atoms with Crippen molar-refractivity contribution in [2.45, 2.75) is 52.4 Å². The predicted octanol–water partition coefficient (Wildman–Crippen LogP) is 5.38. The first-order chi connectivity index (χ1) is 26.4. The molecule has 4 aromatic carbocycles. The number of imidazole rings is 2. The van der Waals surface area contributed by atoms with Gasteiger partial charge in [0, 0.05) is 24.0 Å². The van der Waals surface area contributed by atoms with Crippen molar-refractivity contribution in [2.24, 2.45) is 0 Å². The lowest BCUT2D eigenvalue weighted by Crippen LogP contribution is -2.40. The van der Waals surface area contributed by atoms with Crippen molar-refractivity contribution in [1.29, 1.82) is 0 Å². The van der Waals surface area contributed by atoms with E-state index in [-0.39, 0.29) is 24.9 Å². The average Bonchev–Trinajstić information content (AvgIpc) is 3.85. The maximum Gasteiger partial charge on any atom is 0.250 e. The van der Waals surface area contributed by atoms with E-state index in [1.807, 2.05) is 56.3 Å². The van der Waals surface area contributed by atoms with Crippen molar-refractivity contribution >= 4 is 46.4 Å². The first kappa shape index (κ1) is 35.9. The van der Waals surface area contributed by atoms with Gasteiger partial charge in [0.25, 0.3) is 0 Å². The van der Waals surface area contributed by atoms with E-state index >= 15 is 0 Å². The third-order valence-corrected chi connectivity index (χ3v) is 9.62. The average molecular weight is 727 g/mol. The maximum atomic E-state index is 13.6. The molecule has 1 aliphatic rings. The van der Waals surface area contributed by atoms with Gasteiger partial charge in [-0.25, -0.2) is 9.97 Å². The summed E-state index contributed by atoms with van der Waals surface area (Å²) in [5.74, 6) is 1.71. The first-order valence-corrected chi connectivity index (χ1v) is 18.1. The number of hydrogen-bond acceptors (Lipinski definition) is 7. The summed E-state index contributed by atoms with van der Waals surface area (Å²) in [6.07, 6.45) is 4.39. The number of benzene rings is 4. The molecule has 1 atom stereocenters. The van der Waals surface area contributed by atoms with Gasteiger partial charge in [-0.2, -0.15) is 0 Å². The Morgan fingerprint density at radius 3 is 2.46 bits per heavy atom. The molecule has 6 aromatic rings. The molecule has 0 fully saturated rings. The standard InChI is InChI=1S/C41H42N8O5/c1-3-14-48(38(52)20-42-24-50)22-37-45-33-13-11-27-17-32-30-12-10-28(16-29(30)23-54-35(32)18-31(27)40(33)47-37)34-19-43-36(46-34)21-49(15-4-2)41(53)39(44-25-51)26-8-6-5-7-9-26/h5-13,16-19,24-25,39H,3-4,14-15,20-23H2,1-2H3,(H,42,50)(H,43,46)(H,44,51)(H,45,47)/t39-/m1/s1. The quantitative estimate of drug-likeness (QED) is 0.0973. The highest BCUT2D eigenvalue weighted by atomic mass is 16.5. The molecular weight excluding hydrogens is 685 g/mol. The van der Waals surface area contributed by atoms with E-state index in [1.54, 1.807) is 16.0 Å². The van der Waals surface area contributed by atoms with Gasteiger partial charge in [0.1, 0.15) is 30.0 Å². The van der Waals surface area contributed by atoms with Crippen LogP contribution in [0.15, 0.2) is 79.0 Å². The zero-order chi connectivity index (χ0) is 37.6. The van der Waals surface area contributed by atoms with Crippen LogP contribution in [0.3, 0.4) is 0 Å². The highest BCUT2D eigenvalue weighted by Crippen LogP contribution is 2.42. The molecule has 0 radical (unpaired) electrons. The van der Waals surface area contributed by atoms with E-state index < -0.39 is 6.04 Å². The maximum absolute atomic E-state index is 13.6. The summed E-state index contributed by atoms with van der Waals surface area (Å²) in [4.78, 5) is 68.1. The van der Waals surface area contributed by atoms with Crippen LogP contribution in [-0.2, 0) is 38.9 Å². The van der Waals surface area contributed by atoms with E-state index in [4.69, 9.17) is 9.72 Å². The van der Waals surface area contributed by atoms with Gasteiger partial charge in [-0.15, -0.1) is 0 Å². The van der Waals surface area contributed by atoms with Crippen molar-refractivity contribution in [3.8, 4) is 28.1 Å². The Balaban J connectivity index is 1.11. The van der Waals surface area contributed by atoms with E-state index in [2.05, 4.69) is 55.9 Å². The molecule has 4 N–H and O–H groups in total. The minimum atomic E-state index is -0.787. The van der Waals surface area contributed by atoms with Crippen molar-refractivity contribution in [2.75, 3.05) is 19.6 Å². The lowest BCUT2D eigenvalue weighted by Gasteiger charge is -2.26. The highest BCUT2D eigenvalue weighted by molar-refractivity contribution is 6.07. The largest absolute Gasteiger partial charge is 0.488 e. The molecule has 54 heavy (non-hydrogen) atoms. The molecule has 13 heteroatoms. The van der Waals surface area contributed by atoms with Crippen molar-refractivity contribution in [3.05, 3.63) is 102 Å². The Kier molecular flexibility index (Phi) is 10.7. The minimum Gasteiger partial charge on any atom is -0.488 e. The topological polar surface area (TPSA) is 165 Å². The fraction of sp³-hybridized carbons (Fsp3) is 0.268. The summed E-state index contributed by atoms with van der Waals surface area (Å²) in [6.45, 7) is 5.98. The second kappa shape index (κ2) is 16.0. The normalized spacial score (nSPS) is 12.3. The number of H-pyrrole nitrogens is 2. The van der Waals surface area contributed by atoms with E-state index in [9.17, 15) is 19.2 Å². The van der Waals surface area contributed by atoms with Crippen LogP contribution >= 0.6 is 0 Å². The van der Waals surface area contributed by atoms with Gasteiger partial charge in [0.05, 0.1) is 42.6 Å². The summed E-state index contributed by atoms with van der Waals surface area (Å²) >= 11 is 0. The second-order valence-corrected chi connectivity index (χ2v) is 13.3. The van der Waals surface area contributed by atoms with Crippen molar-refractivity contribution in [3.63, 3.8) is 0 Å². The van der Waals surface area contributed by atoms with Gasteiger partial charge in [0.15, 0.2) is 0 Å². The molecule has 0 saturated heterocycles. The molecule has 0 unspecified atom stereocenters. The van der Waals surface area contributed by atoms with Crippen LogP contribution in [0.4, 0.5) is 0 Å². The Bertz CT molecular complexity index is 2320. The number of hydrogen-bond donors (Lipinski definition) is 4. The lowest BCUT2D eigenvalue weighted by molar-refractivity contribution is -0.135. The van der Waals surface area contributed by atoms with E-state index in [0.717, 1.165) is 73.9 Å². The first-order valence-electron chi connectivity index (χ1n) is 18.1. The highest BCUT2D eigenvalue weighted by Gasteiger charge is 2.26. The molecule has 13 nitrogen and oxygen atoms in total. The molecular formula is C41H42N8O5. The summed E-state index contributed by atoms with van der Waals surface area (Å²) < 4.78 is 6.33. The molecule has 276 valence electrons. The third kappa shape index (κ3) is 7.38. The predicted molar refractivity (Wildman–Crippen MR) is 205 cm³/mol. The number of rotatable bonds is 16. The number of nitrogens with one attached hydrogen (secondary N) is 4. The van der Waals surface area contributed by atoms with Gasteiger partial charge >= 0.3 is 0 Å². The van der Waals surface area contributed by atoms with E-state index in [1.165, 1.54) is 0 Å². The number of aromatic amines is 2. The fourth-order valence-electron chi connectivity index (χ4n) is 7.08. The van der Waals surface area contributed by atoms with Crippen LogP contribution in [0.5, 0.6) is 5.75 Å². The van der Waals surface area contributed by atoms with Crippen LogP contribution in [-0.4, -0.2) is 74.0 Å². The molecule has 7 rings (SSSR count). The summed E-state index contributed by atoms with van der Waals surface area (Å²) in [5.41, 5.74) is 7.26. The summed E-state index contributed by atoms with van der Waals surface area (Å²) in [5, 5.41) is 7.10. The van der Waals surface area contributed by atoms with Crippen LogP contribution in [0.1, 0.15) is 55.5 Å². The molecule has 0 aliphatic carbocycles. The van der Waals surface area contributed by atoms with Crippen molar-refractivity contribution < 1.29 is 23.9 Å². The Labute approximate surface area is 312 Å². The van der Waals surface area contributed by atoms with Gasteiger partial charge < -0.3 is 35.1 Å². The minimum absolute atomic E-state index is 0.0553. The lowest BCUT2D eigenvalue weighted by atomic mass is 9.92. The number of nitrogens with zero attached hydrogens (tertiary/aromatic N) is 4. The Morgan fingerprint density at radius 2 is 1.69 bits per heavy atom. The number of aromatic nitrogens is 4. The summed E-state index contributed by atoms with van der Waals surface area (Å²) in [7, 11) is 0. The molecule has 0 spiro atoms. The number of ether oxygens (including phenoxy) is 1. The fourth-order valence-corrected chi connectivity index (χ4v) is 7.08. The second-order valence-electron chi connectivity index (χ2n) is 13.3. The van der Waals surface area contributed by atoms with Gasteiger partial charge in [-0.05, 0) is 64.7 Å². The third-order valence-electron chi connectivity index (χ3n) is 9.62. The van der Waals surface area contributed by atoms with Crippen LogP contribution in [0, 0.1) is 0 Å². The molecule has 4 amide bonds. The molecule has 3 heterocycles. The van der Waals surface area contributed by atoms with Gasteiger partial charge in [-0.3, -0.25) is 19.2 Å². The zero-order valence-electron chi connectivity index (χ0n) is 30.2. The van der Waals surface area contributed by atoms with E-state index in [0.29, 0.717) is 50.7 Å². The van der Waals surface area contributed by atoms with Crippen LogP contribution in [0.25, 0.3) is 44.2 Å². The monoisotopic (exact) mass is 726 g/mol. The Hall–Kier alpha value is -6.50. The van der Waals surface area contributed by atoms with Gasteiger partial charge in [-0.1, -0.05) is 62.4 Å². The number of fused-ring (bicyclic) bond motifs is 6. The summed E-state index contributed by atoms with van der Waals surface area (Å²) in [6, 6.07) is 22.9. The molecule has 1 aliphatic heterocycles. The van der Waals surface area contributed by atoms with Gasteiger partial charge in [0.2, 0.25) is 24.6 Å². The smallest absolute Gasteiger partial charge is 0.250 e. The number of carbonyl (C=O) groups excluding carboxylic acids is 4. The number of carbonyl (C=O) groups is 4. The molecule has 0 saturated carbocycles. The molecule has 2 aromatic heterocycles. The molecule has 0 bridgehead atoms. The van der Waals surface area contributed by atoms with Crippen LogP contribution < -0.4 is 15.4 Å². The zero-order valence-corrected chi connectivity index (χ0v) is 30.2.